The van der Waals surface area contributed by atoms with Crippen LogP contribution < -0.4 is 0 Å². The van der Waals surface area contributed by atoms with Crippen LogP contribution >= 0.6 is 15.6 Å². The van der Waals surface area contributed by atoms with Gasteiger partial charge < -0.3 is 33.8 Å². The minimum Gasteiger partial charge on any atom is -0.462 e. The van der Waals surface area contributed by atoms with Crippen molar-refractivity contribution in [3.8, 4) is 0 Å². The molecule has 0 aromatic carbocycles. The SMILES string of the molecule is CCCCCCCCCCCCCCCCCC(=O)O[C@H](COC(=O)CCCCCCCCCCCCCCC)COP(=O)(O)OC[C@H](O)COP(=O)(O)OC[C@@H](COC(=O)CCCCCCCCCCCCCCCC(C)C)OC(=O)CCCCCCCCCCCCCCCC(C)C. The number of ether oxygens (including phenoxy) is 4. The number of phosphoric acid groups is 2. The molecule has 0 aliphatic carbocycles. The van der Waals surface area contributed by atoms with Gasteiger partial charge in [0, 0.05) is 25.7 Å². The molecule has 0 saturated carbocycles. The molecule has 0 fully saturated rings. The Hall–Kier alpha value is -1.94. The molecule has 0 saturated heterocycles. The van der Waals surface area contributed by atoms with Gasteiger partial charge in [0.25, 0.3) is 0 Å². The maximum atomic E-state index is 13.1. The molecule has 0 heterocycles. The van der Waals surface area contributed by atoms with E-state index >= 15 is 0 Å². The van der Waals surface area contributed by atoms with E-state index in [-0.39, 0.29) is 25.7 Å². The first-order chi connectivity index (χ1) is 48.4. The maximum absolute atomic E-state index is 13.1. The van der Waals surface area contributed by atoms with Gasteiger partial charge in [0.15, 0.2) is 12.2 Å². The van der Waals surface area contributed by atoms with Crippen molar-refractivity contribution < 1.29 is 80.2 Å². The highest BCUT2D eigenvalue weighted by Gasteiger charge is 2.30. The molecule has 594 valence electrons. The Balaban J connectivity index is 5.27. The fraction of sp³-hybridized carbons (Fsp3) is 0.951. The number of hydrogen-bond acceptors (Lipinski definition) is 15. The summed E-state index contributed by atoms with van der Waals surface area (Å²) in [6.07, 6.45) is 62.2. The largest absolute Gasteiger partial charge is 0.472 e. The minimum atomic E-state index is -4.96. The van der Waals surface area contributed by atoms with Gasteiger partial charge in [-0.15, -0.1) is 0 Å². The fourth-order valence-corrected chi connectivity index (χ4v) is 14.1. The number of carbonyl (C=O) groups is 4. The number of unbranched alkanes of at least 4 members (excludes halogenated alkanes) is 50. The Morgan fingerprint density at radius 2 is 0.460 bits per heavy atom. The van der Waals surface area contributed by atoms with E-state index in [1.54, 1.807) is 0 Å². The van der Waals surface area contributed by atoms with Gasteiger partial charge in [-0.05, 0) is 37.5 Å². The van der Waals surface area contributed by atoms with E-state index in [1.807, 2.05) is 0 Å². The zero-order valence-electron chi connectivity index (χ0n) is 65.5. The van der Waals surface area contributed by atoms with Crippen molar-refractivity contribution in [1.29, 1.82) is 0 Å². The summed E-state index contributed by atoms with van der Waals surface area (Å²) >= 11 is 0. The monoisotopic (exact) mass is 1470 g/mol. The highest BCUT2D eigenvalue weighted by atomic mass is 31.2. The molecule has 0 aliphatic heterocycles. The van der Waals surface area contributed by atoms with Crippen molar-refractivity contribution in [2.75, 3.05) is 39.6 Å². The van der Waals surface area contributed by atoms with Gasteiger partial charge in [0.1, 0.15) is 19.3 Å². The first kappa shape index (κ1) is 98.1. The van der Waals surface area contributed by atoms with Crippen LogP contribution in [-0.2, 0) is 65.4 Å². The Kier molecular flexibility index (Phi) is 71.2. The van der Waals surface area contributed by atoms with Crippen LogP contribution in [0, 0.1) is 11.8 Å². The molecular weight excluding hydrogens is 1310 g/mol. The summed E-state index contributed by atoms with van der Waals surface area (Å²) in [5.74, 6) is -0.527. The molecule has 0 rings (SSSR count). The lowest BCUT2D eigenvalue weighted by Crippen LogP contribution is -2.30. The summed E-state index contributed by atoms with van der Waals surface area (Å²) in [5, 5.41) is 10.7. The molecule has 0 amide bonds. The third-order valence-electron chi connectivity index (χ3n) is 19.0. The van der Waals surface area contributed by atoms with Crippen LogP contribution in [0.2, 0.25) is 0 Å². The topological polar surface area (TPSA) is 237 Å². The number of carbonyl (C=O) groups excluding carboxylic acids is 4. The van der Waals surface area contributed by atoms with Crippen LogP contribution in [0.4, 0.5) is 0 Å². The smallest absolute Gasteiger partial charge is 0.462 e. The Bertz CT molecular complexity index is 1920. The van der Waals surface area contributed by atoms with E-state index in [0.29, 0.717) is 25.7 Å². The van der Waals surface area contributed by atoms with Crippen molar-refractivity contribution in [2.24, 2.45) is 11.8 Å². The molecule has 0 aromatic heterocycles. The molecule has 19 heteroatoms. The standard InChI is InChI=1S/C81H158O17P2/c1-7-9-11-13-15-17-19-21-22-28-35-41-47-53-59-65-80(85)97-76(69-91-78(83)63-57-51-45-39-33-25-20-18-16-14-12-10-8-2)71-95-99(87,88)93-67-75(82)68-94-100(89,90)96-72-77(98-81(86)66-60-54-48-42-36-30-24-27-32-38-44-50-56-62-74(5)6)70-92-79(84)64-58-52-46-40-34-29-23-26-31-37-43-49-55-61-73(3)4/h73-77,82H,7-72H2,1-6H3,(H,87,88)(H,89,90)/t75-,76+,77+/m0/s1. The molecule has 3 N–H and O–H groups in total. The van der Waals surface area contributed by atoms with Gasteiger partial charge in [0.2, 0.25) is 0 Å². The van der Waals surface area contributed by atoms with Crippen molar-refractivity contribution >= 4 is 39.5 Å². The molecule has 0 radical (unpaired) electrons. The summed E-state index contributed by atoms with van der Waals surface area (Å²) in [6.45, 7) is 9.68. The van der Waals surface area contributed by atoms with Crippen molar-refractivity contribution in [1.82, 2.24) is 0 Å². The summed E-state index contributed by atoms with van der Waals surface area (Å²) in [5.41, 5.74) is 0. The lowest BCUT2D eigenvalue weighted by molar-refractivity contribution is -0.161. The van der Waals surface area contributed by atoms with Crippen LogP contribution in [0.25, 0.3) is 0 Å². The van der Waals surface area contributed by atoms with Crippen LogP contribution in [0.15, 0.2) is 0 Å². The second kappa shape index (κ2) is 72.6. The minimum absolute atomic E-state index is 0.108. The second-order valence-corrected chi connectivity index (χ2v) is 33.0. The van der Waals surface area contributed by atoms with Gasteiger partial charge in [-0.1, -0.05) is 375 Å². The summed E-state index contributed by atoms with van der Waals surface area (Å²) in [4.78, 5) is 73.1. The van der Waals surface area contributed by atoms with E-state index < -0.39 is 97.5 Å². The molecule has 5 atom stereocenters. The van der Waals surface area contributed by atoms with Gasteiger partial charge in [-0.25, -0.2) is 9.13 Å². The molecule has 0 aliphatic rings. The Morgan fingerprint density at radius 3 is 0.680 bits per heavy atom. The Morgan fingerprint density at radius 1 is 0.270 bits per heavy atom. The number of rotatable bonds is 80. The number of aliphatic hydroxyl groups excluding tert-OH is 1. The van der Waals surface area contributed by atoms with Crippen LogP contribution in [0.1, 0.15) is 427 Å². The predicted molar refractivity (Wildman–Crippen MR) is 409 cm³/mol. The third kappa shape index (κ3) is 74.3. The molecular formula is C81H158O17P2. The normalized spacial score (nSPS) is 13.9. The summed E-state index contributed by atoms with van der Waals surface area (Å²) in [7, 11) is -9.92. The fourth-order valence-electron chi connectivity index (χ4n) is 12.5. The van der Waals surface area contributed by atoms with Crippen LogP contribution in [0.5, 0.6) is 0 Å². The van der Waals surface area contributed by atoms with Crippen molar-refractivity contribution in [2.45, 2.75) is 445 Å². The van der Waals surface area contributed by atoms with Gasteiger partial charge in [0.05, 0.1) is 26.4 Å². The predicted octanol–water partition coefficient (Wildman–Crippen LogP) is 24.3. The van der Waals surface area contributed by atoms with E-state index in [2.05, 4.69) is 41.5 Å². The molecule has 0 aromatic rings. The average Bonchev–Trinajstić information content (AvgIpc) is 0.961. The van der Waals surface area contributed by atoms with Gasteiger partial charge in [-0.3, -0.25) is 37.3 Å². The quantitative estimate of drug-likeness (QED) is 0.0222. The highest BCUT2D eigenvalue weighted by Crippen LogP contribution is 2.45. The van der Waals surface area contributed by atoms with E-state index in [0.717, 1.165) is 102 Å². The molecule has 17 nitrogen and oxygen atoms in total. The van der Waals surface area contributed by atoms with Gasteiger partial charge >= 0.3 is 39.5 Å². The van der Waals surface area contributed by atoms with Crippen LogP contribution in [0.3, 0.4) is 0 Å². The van der Waals surface area contributed by atoms with E-state index in [1.165, 1.54) is 244 Å². The van der Waals surface area contributed by atoms with Crippen molar-refractivity contribution in [3.63, 3.8) is 0 Å². The van der Waals surface area contributed by atoms with E-state index in [9.17, 15) is 43.2 Å². The number of phosphoric ester groups is 2. The third-order valence-corrected chi connectivity index (χ3v) is 20.9. The highest BCUT2D eigenvalue weighted by molar-refractivity contribution is 7.47. The number of aliphatic hydroxyl groups is 1. The molecule has 0 spiro atoms. The molecule has 2 unspecified atom stereocenters. The van der Waals surface area contributed by atoms with Gasteiger partial charge in [-0.2, -0.15) is 0 Å². The number of hydrogen-bond donors (Lipinski definition) is 3. The first-order valence-corrected chi connectivity index (χ1v) is 45.0. The molecule has 100 heavy (non-hydrogen) atoms. The zero-order valence-corrected chi connectivity index (χ0v) is 67.3. The summed E-state index contributed by atoms with van der Waals surface area (Å²) in [6, 6.07) is 0. The first-order valence-electron chi connectivity index (χ1n) is 42.0. The zero-order chi connectivity index (χ0) is 73.5. The van der Waals surface area contributed by atoms with E-state index in [4.69, 9.17) is 37.0 Å². The number of esters is 4. The lowest BCUT2D eigenvalue weighted by atomic mass is 10.0. The van der Waals surface area contributed by atoms with Crippen LogP contribution in [-0.4, -0.2) is 96.7 Å². The second-order valence-electron chi connectivity index (χ2n) is 30.1. The van der Waals surface area contributed by atoms with Crippen molar-refractivity contribution in [3.05, 3.63) is 0 Å². The Labute approximate surface area is 613 Å². The molecule has 0 bridgehead atoms. The summed E-state index contributed by atoms with van der Waals surface area (Å²) < 4.78 is 68.8. The maximum Gasteiger partial charge on any atom is 0.472 e. The average molecular weight is 1470 g/mol. The lowest BCUT2D eigenvalue weighted by Gasteiger charge is -2.21.